The van der Waals surface area contributed by atoms with Crippen LogP contribution < -0.4 is 0 Å². The zero-order valence-corrected chi connectivity index (χ0v) is 11.6. The largest absolute Gasteiger partial charge is 0.370 e. The molecule has 0 aromatic carbocycles. The second-order valence-corrected chi connectivity index (χ2v) is 4.64. The number of rotatable bonds is 5. The summed E-state index contributed by atoms with van der Waals surface area (Å²) in [6, 6.07) is 3.67. The van der Waals surface area contributed by atoms with Crippen molar-refractivity contribution in [2.75, 3.05) is 6.61 Å². The quantitative estimate of drug-likeness (QED) is 0.824. The predicted octanol–water partition coefficient (Wildman–Crippen LogP) is 2.57. The Morgan fingerprint density at radius 2 is 2.05 bits per heavy atom. The second-order valence-electron chi connectivity index (χ2n) is 4.64. The maximum atomic E-state index is 5.64. The molecule has 102 valence electrons. The summed E-state index contributed by atoms with van der Waals surface area (Å²) >= 11 is 0. The Balaban J connectivity index is 2.24. The highest BCUT2D eigenvalue weighted by atomic mass is 16.5. The van der Waals surface area contributed by atoms with Crippen molar-refractivity contribution in [2.24, 2.45) is 5.92 Å². The van der Waals surface area contributed by atoms with E-state index in [-0.39, 0.29) is 12.0 Å². The third-order valence-electron chi connectivity index (χ3n) is 2.66. The molecule has 2 aromatic heterocycles. The average Bonchev–Trinajstić information content (AvgIpc) is 2.85. The smallest absolute Gasteiger partial charge is 0.278 e. The molecule has 0 bridgehead atoms. The fourth-order valence-corrected chi connectivity index (χ4v) is 1.71. The standard InChI is InChI=1S/C13H18N4O2/c1-5-18-11(8(2)3)12-14-13(19-17-12)10-7-6-9(4)15-16-10/h6-8,11H,5H2,1-4H3. The number of hydrogen-bond donors (Lipinski definition) is 0. The molecule has 2 heterocycles. The summed E-state index contributed by atoms with van der Waals surface area (Å²) in [5.74, 6) is 1.19. The van der Waals surface area contributed by atoms with Crippen molar-refractivity contribution in [1.29, 1.82) is 0 Å². The van der Waals surface area contributed by atoms with Crippen LogP contribution in [0.3, 0.4) is 0 Å². The molecule has 0 N–H and O–H groups in total. The van der Waals surface area contributed by atoms with Gasteiger partial charge >= 0.3 is 0 Å². The van der Waals surface area contributed by atoms with Gasteiger partial charge in [-0.25, -0.2) is 0 Å². The Morgan fingerprint density at radius 1 is 1.26 bits per heavy atom. The number of aromatic nitrogens is 4. The van der Waals surface area contributed by atoms with Crippen LogP contribution in [-0.2, 0) is 4.74 Å². The van der Waals surface area contributed by atoms with E-state index in [0.29, 0.717) is 24.0 Å². The van der Waals surface area contributed by atoms with Crippen LogP contribution in [0.2, 0.25) is 0 Å². The lowest BCUT2D eigenvalue weighted by Gasteiger charge is -2.16. The summed E-state index contributed by atoms with van der Waals surface area (Å²) in [4.78, 5) is 4.35. The van der Waals surface area contributed by atoms with Gasteiger partial charge in [0.15, 0.2) is 5.69 Å². The normalized spacial score (nSPS) is 12.9. The van der Waals surface area contributed by atoms with Crippen LogP contribution in [0.1, 0.15) is 38.4 Å². The highest BCUT2D eigenvalue weighted by Gasteiger charge is 2.23. The molecule has 0 aliphatic heterocycles. The lowest BCUT2D eigenvalue weighted by atomic mass is 10.1. The van der Waals surface area contributed by atoms with E-state index in [1.54, 1.807) is 0 Å². The molecule has 19 heavy (non-hydrogen) atoms. The molecular formula is C13H18N4O2. The van der Waals surface area contributed by atoms with Crippen LogP contribution in [0.5, 0.6) is 0 Å². The average molecular weight is 262 g/mol. The maximum Gasteiger partial charge on any atom is 0.278 e. The molecule has 6 heteroatoms. The van der Waals surface area contributed by atoms with E-state index >= 15 is 0 Å². The molecule has 0 aliphatic carbocycles. The van der Waals surface area contributed by atoms with E-state index in [1.807, 2.05) is 26.0 Å². The third kappa shape index (κ3) is 3.14. The monoisotopic (exact) mass is 262 g/mol. The van der Waals surface area contributed by atoms with Crippen LogP contribution in [0.25, 0.3) is 11.6 Å². The van der Waals surface area contributed by atoms with E-state index in [0.717, 1.165) is 5.69 Å². The van der Waals surface area contributed by atoms with Gasteiger partial charge in [0, 0.05) is 6.61 Å². The topological polar surface area (TPSA) is 73.9 Å². The molecule has 0 amide bonds. The molecule has 1 atom stereocenters. The molecule has 2 aromatic rings. The van der Waals surface area contributed by atoms with E-state index < -0.39 is 0 Å². The molecule has 1 unspecified atom stereocenters. The van der Waals surface area contributed by atoms with Gasteiger partial charge in [-0.05, 0) is 31.9 Å². The van der Waals surface area contributed by atoms with E-state index in [2.05, 4.69) is 34.2 Å². The fraction of sp³-hybridized carbons (Fsp3) is 0.538. The predicted molar refractivity (Wildman–Crippen MR) is 69.3 cm³/mol. The van der Waals surface area contributed by atoms with Gasteiger partial charge in [0.25, 0.3) is 5.89 Å². The molecule has 0 fully saturated rings. The lowest BCUT2D eigenvalue weighted by molar-refractivity contribution is 0.0217. The molecule has 0 aliphatic rings. The number of nitrogens with zero attached hydrogens (tertiary/aromatic N) is 4. The zero-order valence-electron chi connectivity index (χ0n) is 11.6. The highest BCUT2D eigenvalue weighted by molar-refractivity contribution is 5.45. The van der Waals surface area contributed by atoms with Crippen molar-refractivity contribution >= 4 is 0 Å². The van der Waals surface area contributed by atoms with Crippen LogP contribution in [0, 0.1) is 12.8 Å². The maximum absolute atomic E-state index is 5.64. The summed E-state index contributed by atoms with van der Waals surface area (Å²) in [5, 5.41) is 12.0. The van der Waals surface area contributed by atoms with Gasteiger partial charge in [-0.15, -0.1) is 5.10 Å². The van der Waals surface area contributed by atoms with Crippen molar-refractivity contribution in [2.45, 2.75) is 33.8 Å². The molecule has 0 saturated carbocycles. The van der Waals surface area contributed by atoms with Crippen LogP contribution in [0.15, 0.2) is 16.7 Å². The minimum Gasteiger partial charge on any atom is -0.370 e. The summed E-state index contributed by atoms with van der Waals surface area (Å²) in [5.41, 5.74) is 1.42. The van der Waals surface area contributed by atoms with Crippen molar-refractivity contribution < 1.29 is 9.26 Å². The minimum absolute atomic E-state index is 0.166. The summed E-state index contributed by atoms with van der Waals surface area (Å²) < 4.78 is 10.9. The van der Waals surface area contributed by atoms with Gasteiger partial charge in [-0.2, -0.15) is 10.1 Å². The van der Waals surface area contributed by atoms with E-state index in [9.17, 15) is 0 Å². The van der Waals surface area contributed by atoms with Crippen LogP contribution in [0.4, 0.5) is 0 Å². The van der Waals surface area contributed by atoms with Gasteiger partial charge in [0.1, 0.15) is 6.10 Å². The number of aryl methyl sites for hydroxylation is 1. The first-order valence-electron chi connectivity index (χ1n) is 6.37. The first-order valence-corrected chi connectivity index (χ1v) is 6.37. The van der Waals surface area contributed by atoms with Gasteiger partial charge in [-0.1, -0.05) is 19.0 Å². The summed E-state index contributed by atoms with van der Waals surface area (Å²) in [6.07, 6.45) is -0.166. The zero-order chi connectivity index (χ0) is 13.8. The SMILES string of the molecule is CCOC(c1noc(-c2ccc(C)nn2)n1)C(C)C. The Morgan fingerprint density at radius 3 is 2.63 bits per heavy atom. The Labute approximate surface area is 112 Å². The first kappa shape index (κ1) is 13.6. The Kier molecular flexibility index (Phi) is 4.21. The molecule has 0 radical (unpaired) electrons. The molecule has 2 rings (SSSR count). The van der Waals surface area contributed by atoms with Gasteiger partial charge < -0.3 is 9.26 Å². The Hall–Kier alpha value is -1.82. The first-order chi connectivity index (χ1) is 9.11. The number of ether oxygens (including phenoxy) is 1. The van der Waals surface area contributed by atoms with Gasteiger partial charge in [0.05, 0.1) is 5.69 Å². The van der Waals surface area contributed by atoms with Gasteiger partial charge in [-0.3, -0.25) is 0 Å². The Bertz CT molecular complexity index is 522. The van der Waals surface area contributed by atoms with Crippen LogP contribution >= 0.6 is 0 Å². The van der Waals surface area contributed by atoms with Crippen LogP contribution in [-0.4, -0.2) is 26.9 Å². The van der Waals surface area contributed by atoms with Crippen molar-refractivity contribution in [3.8, 4) is 11.6 Å². The van der Waals surface area contributed by atoms with Crippen molar-refractivity contribution in [1.82, 2.24) is 20.3 Å². The van der Waals surface area contributed by atoms with Gasteiger partial charge in [0.2, 0.25) is 5.82 Å². The third-order valence-corrected chi connectivity index (χ3v) is 2.66. The number of hydrogen-bond acceptors (Lipinski definition) is 6. The minimum atomic E-state index is -0.166. The lowest BCUT2D eigenvalue weighted by Crippen LogP contribution is -2.12. The summed E-state index contributed by atoms with van der Waals surface area (Å²) in [6.45, 7) is 8.54. The molecule has 6 nitrogen and oxygen atoms in total. The highest BCUT2D eigenvalue weighted by Crippen LogP contribution is 2.25. The van der Waals surface area contributed by atoms with Crippen molar-refractivity contribution in [3.63, 3.8) is 0 Å². The molecule has 0 saturated heterocycles. The fourth-order valence-electron chi connectivity index (χ4n) is 1.71. The molecular weight excluding hydrogens is 244 g/mol. The second kappa shape index (κ2) is 5.88. The van der Waals surface area contributed by atoms with E-state index in [4.69, 9.17) is 9.26 Å². The van der Waals surface area contributed by atoms with Crippen molar-refractivity contribution in [3.05, 3.63) is 23.7 Å². The van der Waals surface area contributed by atoms with E-state index in [1.165, 1.54) is 0 Å². The summed E-state index contributed by atoms with van der Waals surface area (Å²) in [7, 11) is 0. The molecule has 0 spiro atoms.